The molecule has 0 spiro atoms. The fourth-order valence-corrected chi connectivity index (χ4v) is 2.47. The molecule has 166 valence electrons. The smallest absolute Gasteiger partial charge is 0.312 e. The van der Waals surface area contributed by atoms with E-state index in [-0.39, 0.29) is 32.7 Å². The summed E-state index contributed by atoms with van der Waals surface area (Å²) in [6.07, 6.45) is -0.307. The van der Waals surface area contributed by atoms with E-state index in [2.05, 4.69) is 4.74 Å². The van der Waals surface area contributed by atoms with E-state index in [1.54, 1.807) is 27.7 Å². The average Bonchev–Trinajstić information content (AvgIpc) is 2.68. The van der Waals surface area contributed by atoms with E-state index in [0.717, 1.165) is 5.56 Å². The third kappa shape index (κ3) is 8.63. The molecule has 30 heavy (non-hydrogen) atoms. The number of hydrogen-bond donors (Lipinski definition) is 0. The van der Waals surface area contributed by atoms with Crippen LogP contribution < -0.4 is 0 Å². The Morgan fingerprint density at radius 1 is 0.733 bits per heavy atom. The molecular weight excluding hydrogens is 392 g/mol. The number of ether oxygens (including phenoxy) is 4. The number of rotatable bonds is 11. The molecule has 1 rings (SSSR count). The van der Waals surface area contributed by atoms with Gasteiger partial charge < -0.3 is 18.9 Å². The van der Waals surface area contributed by atoms with Gasteiger partial charge in [-0.1, -0.05) is 30.3 Å². The molecule has 1 aromatic rings. The quantitative estimate of drug-likeness (QED) is 0.305. The molecule has 0 fully saturated rings. The fourth-order valence-electron chi connectivity index (χ4n) is 2.47. The van der Waals surface area contributed by atoms with Gasteiger partial charge in [-0.05, 0) is 33.3 Å². The zero-order chi connectivity index (χ0) is 22.8. The van der Waals surface area contributed by atoms with Crippen molar-refractivity contribution in [3.8, 4) is 0 Å². The van der Waals surface area contributed by atoms with Gasteiger partial charge in [0.25, 0.3) is 0 Å². The second kappa shape index (κ2) is 11.3. The van der Waals surface area contributed by atoms with Crippen molar-refractivity contribution in [2.24, 2.45) is 10.8 Å². The molecule has 0 heterocycles. The molecule has 0 bridgehead atoms. The lowest BCUT2D eigenvalue weighted by Crippen LogP contribution is -2.32. The molecular formula is C22H30O8. The highest BCUT2D eigenvalue weighted by molar-refractivity contribution is 5.83. The van der Waals surface area contributed by atoms with Crippen LogP contribution in [0.4, 0.5) is 0 Å². The highest BCUT2D eigenvalue weighted by Gasteiger charge is 2.34. The summed E-state index contributed by atoms with van der Waals surface area (Å²) in [5.74, 6) is -2.25. The molecule has 0 radical (unpaired) electrons. The van der Waals surface area contributed by atoms with Crippen molar-refractivity contribution in [3.63, 3.8) is 0 Å². The number of esters is 4. The normalized spacial score (nSPS) is 11.4. The van der Waals surface area contributed by atoms with E-state index in [1.165, 1.54) is 7.11 Å². The SMILES string of the molecule is COC(=O)C(C)(C)CC(=O)OCCOC(=O)C(C)(C)CC(=O)OCc1ccccc1. The standard InChI is InChI=1S/C22H30O8/c1-21(2,19(25)27-5)13-17(23)28-11-12-29-20(26)22(3,4)14-18(24)30-15-16-9-7-6-8-10-16/h6-10H,11-15H2,1-5H3. The van der Waals surface area contributed by atoms with Gasteiger partial charge in [0.1, 0.15) is 19.8 Å². The Morgan fingerprint density at radius 2 is 1.23 bits per heavy atom. The molecule has 1 aromatic carbocycles. The Morgan fingerprint density at radius 3 is 1.80 bits per heavy atom. The number of benzene rings is 1. The van der Waals surface area contributed by atoms with Gasteiger partial charge in [0.05, 0.1) is 30.8 Å². The summed E-state index contributed by atoms with van der Waals surface area (Å²) in [6, 6.07) is 9.21. The Bertz CT molecular complexity index is 737. The van der Waals surface area contributed by atoms with Crippen LogP contribution in [-0.2, 0) is 44.7 Å². The van der Waals surface area contributed by atoms with Gasteiger partial charge in [-0.15, -0.1) is 0 Å². The van der Waals surface area contributed by atoms with E-state index < -0.39 is 34.7 Å². The molecule has 8 nitrogen and oxygen atoms in total. The van der Waals surface area contributed by atoms with Crippen LogP contribution in [0.2, 0.25) is 0 Å². The lowest BCUT2D eigenvalue weighted by atomic mass is 9.89. The van der Waals surface area contributed by atoms with Crippen LogP contribution in [0.5, 0.6) is 0 Å². The van der Waals surface area contributed by atoms with E-state index in [9.17, 15) is 19.2 Å². The minimum Gasteiger partial charge on any atom is -0.469 e. The van der Waals surface area contributed by atoms with E-state index in [0.29, 0.717) is 0 Å². The van der Waals surface area contributed by atoms with Gasteiger partial charge in [-0.25, -0.2) is 0 Å². The lowest BCUT2D eigenvalue weighted by Gasteiger charge is -2.22. The topological polar surface area (TPSA) is 105 Å². The molecule has 0 atom stereocenters. The number of carbonyl (C=O) groups excluding carboxylic acids is 4. The summed E-state index contributed by atoms with van der Waals surface area (Å²) in [4.78, 5) is 47.7. The molecule has 0 aliphatic rings. The van der Waals surface area contributed by atoms with Crippen molar-refractivity contribution in [1.82, 2.24) is 0 Å². The fraction of sp³-hybridized carbons (Fsp3) is 0.545. The summed E-state index contributed by atoms with van der Waals surface area (Å²) in [6.45, 7) is 6.10. The summed E-state index contributed by atoms with van der Waals surface area (Å²) < 4.78 is 19.9. The van der Waals surface area contributed by atoms with Gasteiger partial charge in [-0.2, -0.15) is 0 Å². The Kier molecular flexibility index (Phi) is 9.49. The molecule has 0 saturated carbocycles. The molecule has 0 saturated heterocycles. The van der Waals surface area contributed by atoms with Crippen LogP contribution in [0.1, 0.15) is 46.1 Å². The monoisotopic (exact) mass is 422 g/mol. The van der Waals surface area contributed by atoms with Crippen LogP contribution in [0.25, 0.3) is 0 Å². The summed E-state index contributed by atoms with van der Waals surface area (Å²) in [5, 5.41) is 0. The third-order valence-corrected chi connectivity index (χ3v) is 4.29. The number of methoxy groups -OCH3 is 1. The largest absolute Gasteiger partial charge is 0.469 e. The van der Waals surface area contributed by atoms with Crippen LogP contribution in [0.3, 0.4) is 0 Å². The second-order valence-electron chi connectivity index (χ2n) is 8.12. The molecule has 0 unspecified atom stereocenters. The van der Waals surface area contributed by atoms with E-state index >= 15 is 0 Å². The van der Waals surface area contributed by atoms with E-state index in [4.69, 9.17) is 14.2 Å². The summed E-state index contributed by atoms with van der Waals surface area (Å²) in [7, 11) is 1.24. The highest BCUT2D eigenvalue weighted by atomic mass is 16.6. The van der Waals surface area contributed by atoms with Crippen LogP contribution in [-0.4, -0.2) is 44.2 Å². The average molecular weight is 422 g/mol. The molecule has 0 aromatic heterocycles. The maximum Gasteiger partial charge on any atom is 0.312 e. The van der Waals surface area contributed by atoms with Crippen LogP contribution in [0, 0.1) is 10.8 Å². The molecule has 0 aliphatic carbocycles. The first kappa shape index (κ1) is 25.1. The predicted molar refractivity (Wildman–Crippen MR) is 107 cm³/mol. The van der Waals surface area contributed by atoms with E-state index in [1.807, 2.05) is 30.3 Å². The van der Waals surface area contributed by atoms with Gasteiger partial charge in [0.15, 0.2) is 0 Å². The summed E-state index contributed by atoms with van der Waals surface area (Å²) >= 11 is 0. The van der Waals surface area contributed by atoms with Gasteiger partial charge in [0.2, 0.25) is 0 Å². The minimum atomic E-state index is -1.09. The van der Waals surface area contributed by atoms with Crippen LogP contribution >= 0.6 is 0 Å². The molecule has 0 aliphatic heterocycles. The van der Waals surface area contributed by atoms with Crippen molar-refractivity contribution in [2.45, 2.75) is 47.1 Å². The van der Waals surface area contributed by atoms with Gasteiger partial charge in [-0.3, -0.25) is 19.2 Å². The maximum atomic E-state index is 12.2. The van der Waals surface area contributed by atoms with Crippen molar-refractivity contribution < 1.29 is 38.1 Å². The maximum absolute atomic E-state index is 12.2. The van der Waals surface area contributed by atoms with Crippen molar-refractivity contribution in [2.75, 3.05) is 20.3 Å². The van der Waals surface area contributed by atoms with Crippen molar-refractivity contribution in [1.29, 1.82) is 0 Å². The Labute approximate surface area is 176 Å². The highest BCUT2D eigenvalue weighted by Crippen LogP contribution is 2.24. The third-order valence-electron chi connectivity index (χ3n) is 4.29. The first-order chi connectivity index (χ1) is 14.0. The van der Waals surface area contributed by atoms with Crippen molar-refractivity contribution in [3.05, 3.63) is 35.9 Å². The number of hydrogen-bond acceptors (Lipinski definition) is 8. The molecule has 8 heteroatoms. The van der Waals surface area contributed by atoms with Crippen molar-refractivity contribution >= 4 is 23.9 Å². The first-order valence-corrected chi connectivity index (χ1v) is 9.59. The van der Waals surface area contributed by atoms with Crippen LogP contribution in [0.15, 0.2) is 30.3 Å². The zero-order valence-corrected chi connectivity index (χ0v) is 18.2. The zero-order valence-electron chi connectivity index (χ0n) is 18.2. The Hall–Kier alpha value is -2.90. The molecule has 0 amide bonds. The molecule has 0 N–H and O–H groups in total. The van der Waals surface area contributed by atoms with Gasteiger partial charge >= 0.3 is 23.9 Å². The summed E-state index contributed by atoms with van der Waals surface area (Å²) in [5.41, 5.74) is -1.25. The minimum absolute atomic E-state index is 0.128. The first-order valence-electron chi connectivity index (χ1n) is 9.59. The Balaban J connectivity index is 2.34. The number of carbonyl (C=O) groups is 4. The second-order valence-corrected chi connectivity index (χ2v) is 8.12. The predicted octanol–water partition coefficient (Wildman–Crippen LogP) is 2.82. The lowest BCUT2D eigenvalue weighted by molar-refractivity contribution is -0.165. The van der Waals surface area contributed by atoms with Gasteiger partial charge in [0, 0.05) is 0 Å².